The first-order chi connectivity index (χ1) is 6.56. The molecule has 1 aromatic carbocycles. The Labute approximate surface area is 82.3 Å². The maximum atomic E-state index is 13.0. The summed E-state index contributed by atoms with van der Waals surface area (Å²) in [5, 5.41) is 9.25. The summed E-state index contributed by atoms with van der Waals surface area (Å²) in [4.78, 5) is 0. The summed E-state index contributed by atoms with van der Waals surface area (Å²) < 4.78 is 17.8. The summed E-state index contributed by atoms with van der Waals surface area (Å²) in [5.74, 6) is -0.298. The molecule has 0 aliphatic carbocycles. The van der Waals surface area contributed by atoms with Crippen LogP contribution in [-0.4, -0.2) is 18.3 Å². The highest BCUT2D eigenvalue weighted by Gasteiger charge is 2.14. The van der Waals surface area contributed by atoms with Gasteiger partial charge in [-0.2, -0.15) is 0 Å². The van der Waals surface area contributed by atoms with Crippen LogP contribution >= 0.6 is 0 Å². The minimum absolute atomic E-state index is 0.138. The van der Waals surface area contributed by atoms with Gasteiger partial charge < -0.3 is 15.6 Å². The van der Waals surface area contributed by atoms with E-state index in [1.807, 2.05) is 0 Å². The summed E-state index contributed by atoms with van der Waals surface area (Å²) in [7, 11) is 1.39. The van der Waals surface area contributed by atoms with Gasteiger partial charge in [-0.25, -0.2) is 4.39 Å². The van der Waals surface area contributed by atoms with Gasteiger partial charge in [0, 0.05) is 0 Å². The Morgan fingerprint density at radius 2 is 2.14 bits per heavy atom. The monoisotopic (exact) mass is 199 g/mol. The zero-order chi connectivity index (χ0) is 10.7. The van der Waals surface area contributed by atoms with Crippen molar-refractivity contribution in [3.63, 3.8) is 0 Å². The van der Waals surface area contributed by atoms with Crippen molar-refractivity contribution in [3.8, 4) is 5.75 Å². The second-order valence-corrected chi connectivity index (χ2v) is 3.16. The first-order valence-electron chi connectivity index (χ1n) is 4.33. The third-order valence-electron chi connectivity index (χ3n) is 2.08. The largest absolute Gasteiger partial charge is 0.494 e. The number of hydrogen-bond donors (Lipinski definition) is 2. The summed E-state index contributed by atoms with van der Waals surface area (Å²) in [6.07, 6.45) is -0.676. The number of nitrogens with two attached hydrogens (primary N) is 1. The highest BCUT2D eigenvalue weighted by molar-refractivity contribution is 5.32. The van der Waals surface area contributed by atoms with Crippen molar-refractivity contribution >= 4 is 0 Å². The first-order valence-corrected chi connectivity index (χ1v) is 4.33. The van der Waals surface area contributed by atoms with Crippen molar-refractivity contribution in [1.82, 2.24) is 0 Å². The molecule has 0 saturated heterocycles. The van der Waals surface area contributed by atoms with E-state index in [9.17, 15) is 9.50 Å². The lowest BCUT2D eigenvalue weighted by Gasteiger charge is -2.15. The van der Waals surface area contributed by atoms with Crippen LogP contribution in [0.1, 0.15) is 18.5 Å². The number of methoxy groups -OCH3 is 1. The summed E-state index contributed by atoms with van der Waals surface area (Å²) in [6.45, 7) is 1.58. The molecule has 14 heavy (non-hydrogen) atoms. The van der Waals surface area contributed by atoms with Gasteiger partial charge in [0.1, 0.15) is 0 Å². The zero-order valence-corrected chi connectivity index (χ0v) is 8.20. The molecule has 0 heterocycles. The molecule has 0 radical (unpaired) electrons. The standard InChI is InChI=1S/C10H14FNO2/c1-6(13)10(12)7-3-4-8(11)9(5-7)14-2/h3-6,10,13H,12H2,1-2H3/t6?,10-/m0/s1. The molecule has 0 spiro atoms. The van der Waals surface area contributed by atoms with E-state index in [1.165, 1.54) is 25.3 Å². The average Bonchev–Trinajstić information content (AvgIpc) is 2.17. The smallest absolute Gasteiger partial charge is 0.165 e. The molecular formula is C10H14FNO2. The van der Waals surface area contributed by atoms with E-state index in [0.29, 0.717) is 5.56 Å². The second kappa shape index (κ2) is 4.39. The van der Waals surface area contributed by atoms with Crippen molar-refractivity contribution in [2.75, 3.05) is 7.11 Å². The van der Waals surface area contributed by atoms with Crippen LogP contribution in [-0.2, 0) is 0 Å². The Morgan fingerprint density at radius 1 is 1.50 bits per heavy atom. The molecule has 78 valence electrons. The lowest BCUT2D eigenvalue weighted by molar-refractivity contribution is 0.164. The highest BCUT2D eigenvalue weighted by atomic mass is 19.1. The Balaban J connectivity index is 3.00. The number of rotatable bonds is 3. The van der Waals surface area contributed by atoms with E-state index >= 15 is 0 Å². The molecular weight excluding hydrogens is 185 g/mol. The van der Waals surface area contributed by atoms with E-state index in [2.05, 4.69) is 0 Å². The van der Waals surface area contributed by atoms with E-state index in [-0.39, 0.29) is 5.75 Å². The molecule has 2 atom stereocenters. The van der Waals surface area contributed by atoms with Crippen LogP contribution < -0.4 is 10.5 Å². The second-order valence-electron chi connectivity index (χ2n) is 3.16. The first kappa shape index (κ1) is 10.9. The van der Waals surface area contributed by atoms with Crippen LogP contribution in [0.5, 0.6) is 5.75 Å². The molecule has 1 aromatic rings. The maximum Gasteiger partial charge on any atom is 0.165 e. The normalized spacial score (nSPS) is 14.9. The van der Waals surface area contributed by atoms with Gasteiger partial charge in [-0.15, -0.1) is 0 Å². The third kappa shape index (κ3) is 2.21. The SMILES string of the molecule is COc1cc([C@@H](N)C(C)O)ccc1F. The molecule has 0 saturated carbocycles. The number of hydrogen-bond acceptors (Lipinski definition) is 3. The lowest BCUT2D eigenvalue weighted by atomic mass is 10.0. The van der Waals surface area contributed by atoms with Gasteiger partial charge in [-0.05, 0) is 24.6 Å². The fourth-order valence-electron chi connectivity index (χ4n) is 1.16. The minimum atomic E-state index is -0.676. The molecule has 1 unspecified atom stereocenters. The van der Waals surface area contributed by atoms with Crippen LogP contribution in [0.15, 0.2) is 18.2 Å². The Bertz CT molecular complexity index is 315. The fraction of sp³-hybridized carbons (Fsp3) is 0.400. The van der Waals surface area contributed by atoms with E-state index in [0.717, 1.165) is 0 Å². The van der Waals surface area contributed by atoms with Crippen molar-refractivity contribution < 1.29 is 14.2 Å². The molecule has 1 rings (SSSR count). The molecule has 0 amide bonds. The van der Waals surface area contributed by atoms with Gasteiger partial charge in [0.15, 0.2) is 11.6 Å². The number of halogens is 1. The van der Waals surface area contributed by atoms with Gasteiger partial charge in [0.05, 0.1) is 19.3 Å². The fourth-order valence-corrected chi connectivity index (χ4v) is 1.16. The zero-order valence-electron chi connectivity index (χ0n) is 8.20. The van der Waals surface area contributed by atoms with Crippen LogP contribution in [0.2, 0.25) is 0 Å². The van der Waals surface area contributed by atoms with E-state index in [1.54, 1.807) is 6.92 Å². The van der Waals surface area contributed by atoms with Crippen LogP contribution in [0.3, 0.4) is 0 Å². The highest BCUT2D eigenvalue weighted by Crippen LogP contribution is 2.22. The number of aliphatic hydroxyl groups is 1. The Hall–Kier alpha value is -1.13. The van der Waals surface area contributed by atoms with Crippen LogP contribution in [0.4, 0.5) is 4.39 Å². The van der Waals surface area contributed by atoms with E-state index in [4.69, 9.17) is 10.5 Å². The lowest BCUT2D eigenvalue weighted by Crippen LogP contribution is -2.23. The van der Waals surface area contributed by atoms with Crippen molar-refractivity contribution in [1.29, 1.82) is 0 Å². The van der Waals surface area contributed by atoms with Gasteiger partial charge in [-0.1, -0.05) is 6.07 Å². The van der Waals surface area contributed by atoms with Crippen molar-refractivity contribution in [2.24, 2.45) is 5.73 Å². The molecule has 4 heteroatoms. The van der Waals surface area contributed by atoms with Crippen LogP contribution in [0.25, 0.3) is 0 Å². The molecule has 0 aliphatic rings. The molecule has 0 fully saturated rings. The van der Waals surface area contributed by atoms with Crippen LogP contribution in [0, 0.1) is 5.82 Å². The molecule has 3 nitrogen and oxygen atoms in total. The van der Waals surface area contributed by atoms with E-state index < -0.39 is 18.0 Å². The van der Waals surface area contributed by atoms with Gasteiger partial charge in [0.25, 0.3) is 0 Å². The van der Waals surface area contributed by atoms with Crippen molar-refractivity contribution in [2.45, 2.75) is 19.1 Å². The van der Waals surface area contributed by atoms with Gasteiger partial charge in [-0.3, -0.25) is 0 Å². The molecule has 0 bridgehead atoms. The van der Waals surface area contributed by atoms with Crippen molar-refractivity contribution in [3.05, 3.63) is 29.6 Å². The number of ether oxygens (including phenoxy) is 1. The minimum Gasteiger partial charge on any atom is -0.494 e. The summed E-state index contributed by atoms with van der Waals surface area (Å²) in [6, 6.07) is 3.78. The number of aliphatic hydroxyl groups excluding tert-OH is 1. The molecule has 3 N–H and O–H groups in total. The predicted molar refractivity (Wildman–Crippen MR) is 51.6 cm³/mol. The molecule has 0 aliphatic heterocycles. The van der Waals surface area contributed by atoms with Gasteiger partial charge >= 0.3 is 0 Å². The third-order valence-corrected chi connectivity index (χ3v) is 2.08. The summed E-state index contributed by atoms with van der Waals surface area (Å²) >= 11 is 0. The predicted octanol–water partition coefficient (Wildman–Crippen LogP) is 1.21. The maximum absolute atomic E-state index is 13.0. The topological polar surface area (TPSA) is 55.5 Å². The quantitative estimate of drug-likeness (QED) is 0.769. The van der Waals surface area contributed by atoms with Gasteiger partial charge in [0.2, 0.25) is 0 Å². The number of benzene rings is 1. The summed E-state index contributed by atoms with van der Waals surface area (Å²) in [5.41, 5.74) is 6.33. The Morgan fingerprint density at radius 3 is 2.64 bits per heavy atom. The Kier molecular flexibility index (Phi) is 3.43. The molecule has 0 aromatic heterocycles. The average molecular weight is 199 g/mol.